The maximum absolute atomic E-state index is 11.6. The fourth-order valence-electron chi connectivity index (χ4n) is 1.33. The molecule has 2 amide bonds. The van der Waals surface area contributed by atoms with E-state index in [-0.39, 0.29) is 6.54 Å². The van der Waals surface area contributed by atoms with Gasteiger partial charge in [-0.2, -0.15) is 0 Å². The lowest BCUT2D eigenvalue weighted by Crippen LogP contribution is -2.29. The molecule has 0 N–H and O–H groups in total. The fraction of sp³-hybridized carbons (Fsp3) is 0.467. The predicted molar refractivity (Wildman–Crippen MR) is 80.1 cm³/mol. The first kappa shape index (κ1) is 18.1. The molecule has 0 aromatic carbocycles. The number of imide groups is 1. The maximum atomic E-state index is 11.6. The Hall–Kier alpha value is -1.88. The average Bonchev–Trinajstić information content (AvgIpc) is 2.38. The second-order valence-electron chi connectivity index (χ2n) is 4.47. The average molecular weight is 280 g/mol. The number of amides is 2. The van der Waals surface area contributed by atoms with Crippen LogP contribution in [0, 0.1) is 0 Å². The molecule has 0 radical (unpaired) electrons. The topological polar surface area (TPSA) is 49.9 Å². The number of allylic oxidation sites excluding steroid dienone is 5. The summed E-state index contributed by atoms with van der Waals surface area (Å²) in [6, 6.07) is 0. The minimum Gasteiger partial charge on any atom is -0.415 e. The van der Waals surface area contributed by atoms with Crippen LogP contribution in [0.15, 0.2) is 35.6 Å². The molecule has 112 valence electrons. The molecule has 0 bridgehead atoms. The van der Waals surface area contributed by atoms with Gasteiger partial charge in [0.15, 0.2) is 0 Å². The van der Waals surface area contributed by atoms with E-state index >= 15 is 0 Å². The van der Waals surface area contributed by atoms with Gasteiger partial charge in [-0.3, -0.25) is 4.79 Å². The number of hydrogen-bond acceptors (Lipinski definition) is 4. The van der Waals surface area contributed by atoms with Crippen LogP contribution in [0.3, 0.4) is 0 Å². The van der Waals surface area contributed by atoms with Gasteiger partial charge in [-0.25, -0.2) is 9.69 Å². The molecule has 5 nitrogen and oxygen atoms in total. The van der Waals surface area contributed by atoms with Crippen LogP contribution in [0.5, 0.6) is 0 Å². The molecule has 0 unspecified atom stereocenters. The summed E-state index contributed by atoms with van der Waals surface area (Å²) in [6.45, 7) is 6.41. The standard InChI is InChI=1S/C15H24N2O3/c1-6-14(9-8-10-16(4)5)11-13(3)20-15(19)17(7-2)12-18/h6,8-9,11-12H,7,10H2,1-5H3/b9-8-,13-11+,14-6+. The Morgan fingerprint density at radius 3 is 2.40 bits per heavy atom. The lowest BCUT2D eigenvalue weighted by atomic mass is 10.2. The first-order valence-corrected chi connectivity index (χ1v) is 6.54. The number of carbonyl (C=O) groups is 2. The Balaban J connectivity index is 4.64. The van der Waals surface area contributed by atoms with Crippen molar-refractivity contribution in [3.63, 3.8) is 0 Å². The number of ether oxygens (including phenoxy) is 1. The highest BCUT2D eigenvalue weighted by atomic mass is 16.6. The third kappa shape index (κ3) is 7.53. The van der Waals surface area contributed by atoms with Crippen molar-refractivity contribution < 1.29 is 14.3 Å². The highest BCUT2D eigenvalue weighted by molar-refractivity contribution is 5.80. The molecular formula is C15H24N2O3. The van der Waals surface area contributed by atoms with Crippen molar-refractivity contribution >= 4 is 12.5 Å². The van der Waals surface area contributed by atoms with Gasteiger partial charge in [0.2, 0.25) is 6.41 Å². The summed E-state index contributed by atoms with van der Waals surface area (Å²) in [6.07, 6.45) is 7.44. The SMILES string of the molecule is C/C=C(\C=C/CN(C)C)/C=C(\C)OC(=O)N(C=O)CC. The largest absolute Gasteiger partial charge is 0.421 e. The summed E-state index contributed by atoms with van der Waals surface area (Å²) in [5.41, 5.74) is 0.936. The summed E-state index contributed by atoms with van der Waals surface area (Å²) < 4.78 is 5.09. The second kappa shape index (κ2) is 9.97. The molecule has 0 aliphatic rings. The summed E-state index contributed by atoms with van der Waals surface area (Å²) in [7, 11) is 3.97. The zero-order valence-electron chi connectivity index (χ0n) is 12.9. The molecule has 0 atom stereocenters. The van der Waals surface area contributed by atoms with Crippen molar-refractivity contribution in [1.82, 2.24) is 9.80 Å². The van der Waals surface area contributed by atoms with Crippen molar-refractivity contribution in [3.8, 4) is 0 Å². The summed E-state index contributed by atoms with van der Waals surface area (Å²) in [5, 5.41) is 0. The number of hydrogen-bond donors (Lipinski definition) is 0. The van der Waals surface area contributed by atoms with E-state index in [1.165, 1.54) is 0 Å². The molecule has 0 aromatic rings. The number of carbonyl (C=O) groups excluding carboxylic acids is 2. The Bertz CT molecular complexity index is 409. The Morgan fingerprint density at radius 1 is 1.30 bits per heavy atom. The van der Waals surface area contributed by atoms with Crippen molar-refractivity contribution in [2.45, 2.75) is 20.8 Å². The number of rotatable bonds is 7. The smallest absolute Gasteiger partial charge is 0.415 e. The molecule has 0 aliphatic carbocycles. The Morgan fingerprint density at radius 2 is 1.95 bits per heavy atom. The van der Waals surface area contributed by atoms with E-state index in [1.807, 2.05) is 44.1 Å². The van der Waals surface area contributed by atoms with Crippen LogP contribution in [0.25, 0.3) is 0 Å². The molecule has 5 heteroatoms. The van der Waals surface area contributed by atoms with E-state index in [0.717, 1.165) is 17.0 Å². The van der Waals surface area contributed by atoms with Gasteiger partial charge in [-0.05, 0) is 46.5 Å². The molecular weight excluding hydrogens is 256 g/mol. The van der Waals surface area contributed by atoms with Crippen LogP contribution in [0.4, 0.5) is 4.79 Å². The third-order valence-corrected chi connectivity index (χ3v) is 2.43. The van der Waals surface area contributed by atoms with Crippen molar-refractivity contribution in [2.75, 3.05) is 27.2 Å². The van der Waals surface area contributed by atoms with Crippen LogP contribution >= 0.6 is 0 Å². The van der Waals surface area contributed by atoms with Crippen LogP contribution in [-0.2, 0) is 9.53 Å². The van der Waals surface area contributed by atoms with Gasteiger partial charge in [-0.15, -0.1) is 0 Å². The van der Waals surface area contributed by atoms with Crippen molar-refractivity contribution in [3.05, 3.63) is 35.6 Å². The molecule has 0 rings (SSSR count). The highest BCUT2D eigenvalue weighted by Gasteiger charge is 2.12. The van der Waals surface area contributed by atoms with Gasteiger partial charge in [0.25, 0.3) is 0 Å². The van der Waals surface area contributed by atoms with Crippen LogP contribution < -0.4 is 0 Å². The maximum Gasteiger partial charge on any atom is 0.421 e. The van der Waals surface area contributed by atoms with Crippen LogP contribution in [-0.4, -0.2) is 49.5 Å². The van der Waals surface area contributed by atoms with Crippen LogP contribution in [0.2, 0.25) is 0 Å². The Labute approximate surface area is 121 Å². The van der Waals surface area contributed by atoms with E-state index in [2.05, 4.69) is 0 Å². The van der Waals surface area contributed by atoms with Gasteiger partial charge in [0, 0.05) is 13.1 Å². The van der Waals surface area contributed by atoms with E-state index in [9.17, 15) is 9.59 Å². The molecule has 0 heterocycles. The molecule has 0 saturated carbocycles. The van der Waals surface area contributed by atoms with E-state index in [0.29, 0.717) is 12.2 Å². The van der Waals surface area contributed by atoms with Crippen molar-refractivity contribution in [2.24, 2.45) is 0 Å². The minimum absolute atomic E-state index is 0.287. The first-order valence-electron chi connectivity index (χ1n) is 6.54. The van der Waals surface area contributed by atoms with E-state index < -0.39 is 6.09 Å². The lowest BCUT2D eigenvalue weighted by molar-refractivity contribution is -0.116. The number of nitrogens with zero attached hydrogens (tertiary/aromatic N) is 2. The van der Waals surface area contributed by atoms with E-state index in [1.54, 1.807) is 19.9 Å². The molecule has 20 heavy (non-hydrogen) atoms. The Kier molecular flexibility index (Phi) is 9.04. The molecule has 0 aromatic heterocycles. The molecule has 0 saturated heterocycles. The molecule has 0 fully saturated rings. The summed E-state index contributed by atoms with van der Waals surface area (Å²) in [5.74, 6) is 0.443. The van der Waals surface area contributed by atoms with E-state index in [4.69, 9.17) is 4.74 Å². The zero-order chi connectivity index (χ0) is 15.5. The zero-order valence-corrected chi connectivity index (χ0v) is 12.9. The van der Waals surface area contributed by atoms with Gasteiger partial charge < -0.3 is 9.64 Å². The summed E-state index contributed by atoms with van der Waals surface area (Å²) >= 11 is 0. The first-order chi connectivity index (χ1) is 9.44. The fourth-order valence-corrected chi connectivity index (χ4v) is 1.33. The van der Waals surface area contributed by atoms with Gasteiger partial charge >= 0.3 is 6.09 Å². The highest BCUT2D eigenvalue weighted by Crippen LogP contribution is 2.07. The second-order valence-corrected chi connectivity index (χ2v) is 4.47. The quantitative estimate of drug-likeness (QED) is 0.408. The van der Waals surface area contributed by atoms with Gasteiger partial charge in [0.1, 0.15) is 5.76 Å². The minimum atomic E-state index is -0.663. The lowest BCUT2D eigenvalue weighted by Gasteiger charge is -2.12. The normalized spacial score (nSPS) is 12.9. The predicted octanol–water partition coefficient (Wildman–Crippen LogP) is 2.57. The molecule has 0 aliphatic heterocycles. The monoisotopic (exact) mass is 280 g/mol. The van der Waals surface area contributed by atoms with Crippen LogP contribution in [0.1, 0.15) is 20.8 Å². The van der Waals surface area contributed by atoms with Crippen molar-refractivity contribution in [1.29, 1.82) is 0 Å². The third-order valence-electron chi connectivity index (χ3n) is 2.43. The number of likely N-dealkylation sites (N-methyl/N-ethyl adjacent to an activating group) is 1. The summed E-state index contributed by atoms with van der Waals surface area (Å²) in [4.78, 5) is 25.2. The van der Waals surface area contributed by atoms with Gasteiger partial charge in [-0.1, -0.05) is 18.2 Å². The van der Waals surface area contributed by atoms with Gasteiger partial charge in [0.05, 0.1) is 0 Å². The molecule has 0 spiro atoms.